The van der Waals surface area contributed by atoms with E-state index in [-0.39, 0.29) is 20.4 Å². The van der Waals surface area contributed by atoms with Crippen molar-refractivity contribution in [2.45, 2.75) is 0 Å². The molecule has 0 bridgehead atoms. The first-order valence-corrected chi connectivity index (χ1v) is 6.67. The van der Waals surface area contributed by atoms with E-state index >= 15 is 0 Å². The van der Waals surface area contributed by atoms with Crippen LogP contribution in [0.5, 0.6) is 0 Å². The van der Waals surface area contributed by atoms with Crippen LogP contribution in [0.1, 0.15) is 0 Å². The molecule has 3 aromatic rings. The third-order valence-corrected chi connectivity index (χ3v) is 4.72. The van der Waals surface area contributed by atoms with Gasteiger partial charge < -0.3 is 0 Å². The summed E-state index contributed by atoms with van der Waals surface area (Å²) >= 11 is -0.145. The molecule has 0 fully saturated rings. The molecule has 0 radical (unpaired) electrons. The molecule has 0 spiro atoms. The average Bonchev–Trinajstić information content (AvgIpc) is 2.65. The number of aromatic nitrogens is 1. The Bertz CT molecular complexity index is 568. The maximum absolute atomic E-state index is 4.38. The third kappa shape index (κ3) is 1.10. The van der Waals surface area contributed by atoms with E-state index in [4.69, 9.17) is 0 Å². The molecule has 62 valence electrons. The molecule has 0 aliphatic heterocycles. The molecule has 2 heteroatoms. The van der Waals surface area contributed by atoms with Gasteiger partial charge in [-0.15, -0.1) is 0 Å². The molecule has 0 unspecified atom stereocenters. The minimum absolute atomic E-state index is 0.145. The Hall–Kier alpha value is -0.840. The third-order valence-electron chi connectivity index (χ3n) is 2.22. The number of rotatable bonds is 0. The Labute approximate surface area is 85.6 Å². The summed E-state index contributed by atoms with van der Waals surface area (Å²) in [4.78, 5) is 4.38. The van der Waals surface area contributed by atoms with Crippen LogP contribution in [0.3, 0.4) is 0 Å². The van der Waals surface area contributed by atoms with Crippen molar-refractivity contribution in [2.24, 2.45) is 0 Å². The van der Waals surface area contributed by atoms with Crippen LogP contribution in [0.2, 0.25) is 0 Å². The van der Waals surface area contributed by atoms with E-state index in [0.29, 0.717) is 0 Å². The van der Waals surface area contributed by atoms with Crippen molar-refractivity contribution in [1.29, 1.82) is 0 Å². The average molecular weight is 281 g/mol. The molecule has 1 nitrogen and oxygen atoms in total. The first-order chi connectivity index (χ1) is 6.45. The van der Waals surface area contributed by atoms with Gasteiger partial charge in [0.15, 0.2) is 0 Å². The van der Waals surface area contributed by atoms with Crippen molar-refractivity contribution < 1.29 is 0 Å². The summed E-state index contributed by atoms with van der Waals surface area (Å²) in [7, 11) is 0. The van der Waals surface area contributed by atoms with E-state index in [0.717, 1.165) is 0 Å². The SMILES string of the molecule is c1ccc2c(c1)ccc1nc[te]c12. The second kappa shape index (κ2) is 2.83. The second-order valence-electron chi connectivity index (χ2n) is 2.99. The summed E-state index contributed by atoms with van der Waals surface area (Å²) in [6, 6.07) is 12.9. The Morgan fingerprint density at radius 1 is 1.00 bits per heavy atom. The summed E-state index contributed by atoms with van der Waals surface area (Å²) < 4.78 is 3.62. The number of hydrogen-bond donors (Lipinski definition) is 0. The Morgan fingerprint density at radius 2 is 1.92 bits per heavy atom. The van der Waals surface area contributed by atoms with Crippen LogP contribution in [0.25, 0.3) is 19.7 Å². The van der Waals surface area contributed by atoms with Gasteiger partial charge in [0.05, 0.1) is 0 Å². The molecule has 2 aromatic carbocycles. The fourth-order valence-corrected chi connectivity index (χ4v) is 3.95. The van der Waals surface area contributed by atoms with Gasteiger partial charge in [-0.2, -0.15) is 0 Å². The molecule has 1 heterocycles. The number of benzene rings is 2. The van der Waals surface area contributed by atoms with E-state index in [1.807, 2.05) is 0 Å². The molecule has 0 amide bonds. The zero-order chi connectivity index (χ0) is 8.67. The van der Waals surface area contributed by atoms with Crippen LogP contribution >= 0.6 is 0 Å². The summed E-state index contributed by atoms with van der Waals surface area (Å²) in [5.74, 6) is 0. The van der Waals surface area contributed by atoms with E-state index in [1.54, 1.807) is 0 Å². The fraction of sp³-hybridized carbons (Fsp3) is 0. The van der Waals surface area contributed by atoms with Crippen LogP contribution in [0.4, 0.5) is 0 Å². The van der Waals surface area contributed by atoms with Gasteiger partial charge >= 0.3 is 85.7 Å². The number of nitrogens with zero attached hydrogens (tertiary/aromatic N) is 1. The van der Waals surface area contributed by atoms with Gasteiger partial charge in [0, 0.05) is 0 Å². The molecule has 0 aliphatic rings. The van der Waals surface area contributed by atoms with E-state index in [1.165, 1.54) is 19.7 Å². The van der Waals surface area contributed by atoms with Crippen molar-refractivity contribution in [2.75, 3.05) is 0 Å². The van der Waals surface area contributed by atoms with Crippen molar-refractivity contribution in [3.8, 4) is 0 Å². The van der Waals surface area contributed by atoms with Gasteiger partial charge in [-0.25, -0.2) is 0 Å². The van der Waals surface area contributed by atoms with Crippen molar-refractivity contribution in [1.82, 2.24) is 4.98 Å². The van der Waals surface area contributed by atoms with Gasteiger partial charge in [0.2, 0.25) is 0 Å². The Morgan fingerprint density at radius 3 is 2.92 bits per heavy atom. The monoisotopic (exact) mass is 283 g/mol. The summed E-state index contributed by atoms with van der Waals surface area (Å²) in [6.45, 7) is 0. The molecular formula is C11H7NTe. The Balaban J connectivity index is 2.65. The number of fused-ring (bicyclic) bond motifs is 3. The van der Waals surface area contributed by atoms with Gasteiger partial charge in [-0.3, -0.25) is 0 Å². The van der Waals surface area contributed by atoms with Gasteiger partial charge in [0.1, 0.15) is 0 Å². The van der Waals surface area contributed by atoms with Crippen molar-refractivity contribution >= 4 is 40.1 Å². The molecule has 0 N–H and O–H groups in total. The zero-order valence-corrected chi connectivity index (χ0v) is 9.23. The minimum atomic E-state index is -0.145. The van der Waals surface area contributed by atoms with Crippen molar-refractivity contribution in [3.05, 3.63) is 40.6 Å². The summed E-state index contributed by atoms with van der Waals surface area (Å²) in [6.07, 6.45) is 0. The summed E-state index contributed by atoms with van der Waals surface area (Å²) in [5, 5.41) is 2.75. The molecule has 1 aromatic heterocycles. The molecule has 3 rings (SSSR count). The first-order valence-electron chi connectivity index (χ1n) is 4.16. The van der Waals surface area contributed by atoms with E-state index < -0.39 is 0 Å². The standard InChI is InChI=1S/C11H7NTe/c1-2-4-9-8(3-1)5-6-10-11(9)13-7-12-10/h1-7H. The van der Waals surface area contributed by atoms with E-state index in [2.05, 4.69) is 45.6 Å². The molecule has 0 saturated carbocycles. The zero-order valence-electron chi connectivity index (χ0n) is 6.90. The summed E-state index contributed by atoms with van der Waals surface area (Å²) in [5.41, 5.74) is 1.20. The Kier molecular flexibility index (Phi) is 1.65. The molecule has 0 saturated heterocycles. The van der Waals surface area contributed by atoms with Gasteiger partial charge in [0.25, 0.3) is 0 Å². The number of hydrogen-bond acceptors (Lipinski definition) is 1. The molecular weight excluding hydrogens is 274 g/mol. The molecule has 0 atom stereocenters. The quantitative estimate of drug-likeness (QED) is 0.577. The fourth-order valence-electron chi connectivity index (χ4n) is 1.59. The predicted molar refractivity (Wildman–Crippen MR) is 56.2 cm³/mol. The second-order valence-corrected chi connectivity index (χ2v) is 5.43. The molecule has 0 aliphatic carbocycles. The van der Waals surface area contributed by atoms with Gasteiger partial charge in [-0.05, 0) is 0 Å². The van der Waals surface area contributed by atoms with E-state index in [9.17, 15) is 0 Å². The topological polar surface area (TPSA) is 12.9 Å². The normalized spacial score (nSPS) is 11.1. The van der Waals surface area contributed by atoms with Crippen LogP contribution in [0, 0.1) is 0 Å². The van der Waals surface area contributed by atoms with Crippen LogP contribution in [-0.2, 0) is 0 Å². The molecule has 13 heavy (non-hydrogen) atoms. The van der Waals surface area contributed by atoms with Gasteiger partial charge in [-0.1, -0.05) is 0 Å². The van der Waals surface area contributed by atoms with Crippen molar-refractivity contribution in [3.63, 3.8) is 0 Å². The maximum atomic E-state index is 4.38. The first kappa shape index (κ1) is 7.55. The van der Waals surface area contributed by atoms with Crippen LogP contribution in [-0.4, -0.2) is 25.4 Å². The van der Waals surface area contributed by atoms with Crippen LogP contribution in [0.15, 0.2) is 40.6 Å². The predicted octanol–water partition coefficient (Wildman–Crippen LogP) is 2.45. The van der Waals surface area contributed by atoms with Crippen LogP contribution < -0.4 is 0 Å².